The molecular weight excluding hydrogens is 322 g/mol. The van der Waals surface area contributed by atoms with Gasteiger partial charge in [0, 0.05) is 44.9 Å². The standard InChI is InChI=1S/C20H32F2N2O/c1-15(2)8-9-23-10-12-24(13-11-23)17-6-7-18(16(3)4)19(14-17)25-20(5,21)22/h6-7,14-16H,8-13H2,1-5H3. The normalized spacial score (nSPS) is 16.8. The van der Waals surface area contributed by atoms with Crippen LogP contribution in [0.5, 0.6) is 5.75 Å². The molecule has 1 fully saturated rings. The van der Waals surface area contributed by atoms with Crippen molar-refractivity contribution in [3.05, 3.63) is 23.8 Å². The second-order valence-corrected chi connectivity index (χ2v) is 7.80. The van der Waals surface area contributed by atoms with Crippen molar-refractivity contribution in [1.82, 2.24) is 4.90 Å². The largest absolute Gasteiger partial charge is 0.432 e. The predicted molar refractivity (Wildman–Crippen MR) is 99.9 cm³/mol. The summed E-state index contributed by atoms with van der Waals surface area (Å²) in [5.74, 6) is 1.15. The minimum absolute atomic E-state index is 0.138. The molecule has 5 heteroatoms. The van der Waals surface area contributed by atoms with Crippen molar-refractivity contribution < 1.29 is 13.5 Å². The van der Waals surface area contributed by atoms with Crippen molar-refractivity contribution in [2.45, 2.75) is 53.1 Å². The van der Waals surface area contributed by atoms with E-state index in [4.69, 9.17) is 4.74 Å². The van der Waals surface area contributed by atoms with Gasteiger partial charge in [0.15, 0.2) is 0 Å². The molecule has 1 aliphatic rings. The lowest BCUT2D eigenvalue weighted by Crippen LogP contribution is -2.46. The maximum absolute atomic E-state index is 13.4. The Hall–Kier alpha value is -1.36. The van der Waals surface area contributed by atoms with Gasteiger partial charge in [-0.3, -0.25) is 4.90 Å². The van der Waals surface area contributed by atoms with Gasteiger partial charge in [-0.25, -0.2) is 0 Å². The molecule has 1 aliphatic heterocycles. The van der Waals surface area contributed by atoms with Gasteiger partial charge in [-0.2, -0.15) is 8.78 Å². The van der Waals surface area contributed by atoms with Crippen LogP contribution in [0.4, 0.5) is 14.5 Å². The first kappa shape index (κ1) is 20.0. The molecule has 1 aromatic rings. The quantitative estimate of drug-likeness (QED) is 0.687. The van der Waals surface area contributed by atoms with Crippen LogP contribution in [0.2, 0.25) is 0 Å². The molecule has 0 spiro atoms. The molecule has 1 heterocycles. The Labute approximate surface area is 150 Å². The summed E-state index contributed by atoms with van der Waals surface area (Å²) >= 11 is 0. The first-order chi connectivity index (χ1) is 11.7. The minimum atomic E-state index is -3.17. The zero-order chi connectivity index (χ0) is 18.6. The number of piperazine rings is 1. The lowest BCUT2D eigenvalue weighted by atomic mass is 10.0. The number of alkyl halides is 2. The van der Waals surface area contributed by atoms with Crippen LogP contribution in [0.25, 0.3) is 0 Å². The van der Waals surface area contributed by atoms with Crippen LogP contribution in [-0.2, 0) is 0 Å². The highest BCUT2D eigenvalue weighted by molar-refractivity contribution is 5.55. The molecular formula is C20H32F2N2O. The number of ether oxygens (including phenoxy) is 1. The number of anilines is 1. The second-order valence-electron chi connectivity index (χ2n) is 7.80. The first-order valence-corrected chi connectivity index (χ1v) is 9.34. The lowest BCUT2D eigenvalue weighted by Gasteiger charge is -2.36. The van der Waals surface area contributed by atoms with Gasteiger partial charge in [0.1, 0.15) is 5.75 Å². The van der Waals surface area contributed by atoms with E-state index in [2.05, 4.69) is 23.6 Å². The lowest BCUT2D eigenvalue weighted by molar-refractivity contribution is -0.159. The molecule has 0 aromatic heterocycles. The summed E-state index contributed by atoms with van der Waals surface area (Å²) in [5, 5.41) is 0. The van der Waals surface area contributed by atoms with Gasteiger partial charge >= 0.3 is 6.11 Å². The highest BCUT2D eigenvalue weighted by Crippen LogP contribution is 2.34. The molecule has 3 nitrogen and oxygen atoms in total. The Morgan fingerprint density at radius 1 is 1.08 bits per heavy atom. The Morgan fingerprint density at radius 2 is 1.72 bits per heavy atom. The summed E-state index contributed by atoms with van der Waals surface area (Å²) < 4.78 is 31.7. The SMILES string of the molecule is CC(C)CCN1CCN(c2ccc(C(C)C)c(OC(C)(F)F)c2)CC1. The van der Waals surface area contributed by atoms with E-state index in [0.29, 0.717) is 5.75 Å². The van der Waals surface area contributed by atoms with Crippen LogP contribution in [0, 0.1) is 5.92 Å². The zero-order valence-electron chi connectivity index (χ0n) is 16.2. The van der Waals surface area contributed by atoms with Crippen LogP contribution in [0.1, 0.15) is 52.5 Å². The zero-order valence-corrected chi connectivity index (χ0v) is 16.2. The average molecular weight is 354 g/mol. The van der Waals surface area contributed by atoms with Crippen LogP contribution in [-0.4, -0.2) is 43.7 Å². The number of rotatable bonds is 7. The summed E-state index contributed by atoms with van der Waals surface area (Å²) in [6, 6.07) is 5.72. The summed E-state index contributed by atoms with van der Waals surface area (Å²) in [7, 11) is 0. The van der Waals surface area contributed by atoms with Gasteiger partial charge in [-0.05, 0) is 36.4 Å². The summed E-state index contributed by atoms with van der Waals surface area (Å²) in [6.07, 6.45) is -1.95. The fourth-order valence-electron chi connectivity index (χ4n) is 3.15. The summed E-state index contributed by atoms with van der Waals surface area (Å²) in [5.41, 5.74) is 1.79. The predicted octanol–water partition coefficient (Wildman–Crippen LogP) is 4.97. The van der Waals surface area contributed by atoms with E-state index in [1.165, 1.54) is 6.42 Å². The van der Waals surface area contributed by atoms with E-state index in [9.17, 15) is 8.78 Å². The molecule has 0 amide bonds. The fraction of sp³-hybridized carbons (Fsp3) is 0.700. The van der Waals surface area contributed by atoms with Gasteiger partial charge in [0.05, 0.1) is 0 Å². The second kappa shape index (κ2) is 8.35. The molecule has 0 bridgehead atoms. The third-order valence-corrected chi connectivity index (χ3v) is 4.67. The van der Waals surface area contributed by atoms with E-state index < -0.39 is 6.11 Å². The van der Waals surface area contributed by atoms with Crippen LogP contribution in [0.15, 0.2) is 18.2 Å². The van der Waals surface area contributed by atoms with Crippen molar-refractivity contribution in [2.24, 2.45) is 5.92 Å². The van der Waals surface area contributed by atoms with E-state index in [1.807, 2.05) is 26.0 Å². The number of benzene rings is 1. The van der Waals surface area contributed by atoms with Crippen LogP contribution < -0.4 is 9.64 Å². The van der Waals surface area contributed by atoms with Crippen molar-refractivity contribution in [2.75, 3.05) is 37.6 Å². The molecule has 1 saturated heterocycles. The third kappa shape index (κ3) is 6.14. The highest BCUT2D eigenvalue weighted by atomic mass is 19.3. The Bertz CT molecular complexity index is 547. The Kier molecular flexibility index (Phi) is 6.66. The number of halogens is 2. The van der Waals surface area contributed by atoms with Crippen molar-refractivity contribution >= 4 is 5.69 Å². The molecule has 0 aliphatic carbocycles. The maximum atomic E-state index is 13.4. The average Bonchev–Trinajstić information content (AvgIpc) is 2.51. The molecule has 2 rings (SSSR count). The first-order valence-electron chi connectivity index (χ1n) is 9.34. The van der Waals surface area contributed by atoms with Gasteiger partial charge in [0.2, 0.25) is 0 Å². The molecule has 0 N–H and O–H groups in total. The molecule has 1 aromatic carbocycles. The molecule has 25 heavy (non-hydrogen) atoms. The molecule has 0 radical (unpaired) electrons. The van der Waals surface area contributed by atoms with E-state index in [-0.39, 0.29) is 5.92 Å². The smallest absolute Gasteiger partial charge is 0.394 e. The number of hydrogen-bond donors (Lipinski definition) is 0. The summed E-state index contributed by atoms with van der Waals surface area (Å²) in [4.78, 5) is 4.74. The molecule has 0 unspecified atom stereocenters. The molecule has 0 atom stereocenters. The van der Waals surface area contributed by atoms with E-state index in [0.717, 1.165) is 56.8 Å². The van der Waals surface area contributed by atoms with Crippen molar-refractivity contribution in [3.63, 3.8) is 0 Å². The maximum Gasteiger partial charge on any atom is 0.394 e. The topological polar surface area (TPSA) is 15.7 Å². The van der Waals surface area contributed by atoms with E-state index >= 15 is 0 Å². The van der Waals surface area contributed by atoms with E-state index in [1.54, 1.807) is 6.07 Å². The molecule has 0 saturated carbocycles. The fourth-order valence-corrected chi connectivity index (χ4v) is 3.15. The van der Waals surface area contributed by atoms with Gasteiger partial charge in [0.25, 0.3) is 0 Å². The highest BCUT2D eigenvalue weighted by Gasteiger charge is 2.26. The summed E-state index contributed by atoms with van der Waals surface area (Å²) in [6.45, 7) is 14.3. The Balaban J connectivity index is 2.06. The van der Waals surface area contributed by atoms with Crippen LogP contribution >= 0.6 is 0 Å². The Morgan fingerprint density at radius 3 is 2.24 bits per heavy atom. The number of nitrogens with zero attached hydrogens (tertiary/aromatic N) is 2. The monoisotopic (exact) mass is 354 g/mol. The van der Waals surface area contributed by atoms with Gasteiger partial charge in [-0.15, -0.1) is 0 Å². The van der Waals surface area contributed by atoms with Crippen LogP contribution in [0.3, 0.4) is 0 Å². The molecule has 142 valence electrons. The van der Waals surface area contributed by atoms with Gasteiger partial charge in [-0.1, -0.05) is 33.8 Å². The third-order valence-electron chi connectivity index (χ3n) is 4.67. The van der Waals surface area contributed by atoms with Crippen molar-refractivity contribution in [3.8, 4) is 5.75 Å². The number of hydrogen-bond acceptors (Lipinski definition) is 3. The van der Waals surface area contributed by atoms with Crippen molar-refractivity contribution in [1.29, 1.82) is 0 Å². The van der Waals surface area contributed by atoms with Gasteiger partial charge < -0.3 is 9.64 Å². The minimum Gasteiger partial charge on any atom is -0.432 e.